The predicted molar refractivity (Wildman–Crippen MR) is 145 cm³/mol. The van der Waals surface area contributed by atoms with Crippen molar-refractivity contribution in [3.63, 3.8) is 0 Å². The van der Waals surface area contributed by atoms with E-state index in [-0.39, 0.29) is 33.8 Å². The van der Waals surface area contributed by atoms with Crippen LogP contribution in [0.4, 0.5) is 0 Å². The number of phenols is 1. The van der Waals surface area contributed by atoms with Gasteiger partial charge in [-0.3, -0.25) is 4.79 Å². The van der Waals surface area contributed by atoms with Crippen molar-refractivity contribution in [3.05, 3.63) is 46.6 Å². The molecule has 3 heterocycles. The normalized spacial score (nSPS) is 32.4. The van der Waals surface area contributed by atoms with Crippen LogP contribution < -0.4 is 19.6 Å². The highest BCUT2D eigenvalue weighted by molar-refractivity contribution is 5.88. The molecule has 16 heteroatoms. The minimum absolute atomic E-state index is 0.0944. The quantitative estimate of drug-likeness (QED) is 0.126. The number of rotatable bonds is 8. The number of benzene rings is 2. The third-order valence-corrected chi connectivity index (χ3v) is 7.44. The highest BCUT2D eigenvalue weighted by atomic mass is 16.7. The molecule has 9 N–H and O–H groups in total. The van der Waals surface area contributed by atoms with Crippen LogP contribution in [-0.4, -0.2) is 128 Å². The smallest absolute Gasteiger partial charge is 0.239 e. The topological polar surface area (TPSA) is 258 Å². The molecule has 2 aliphatic rings. The maximum Gasteiger partial charge on any atom is 0.239 e. The van der Waals surface area contributed by atoms with Gasteiger partial charge in [-0.05, 0) is 24.3 Å². The standard InChI is InChI=1S/C28H32O16/c1-39-12-6-13(31)17-14(7-12)41-25(26(20(17)34)44-28-24(38)22(36)19(33)16(9-30)43-28)10-2-4-11(5-3-10)40-27-23(37)21(35)18(32)15(8-29)42-27/h2-7,15-16,18-19,21-24,27-33,35-38H,8-9H2,1H3/t15-,16-,18-,19-,21+,22+,23-,24-,27+,28-/m1/s1. The van der Waals surface area contributed by atoms with Crippen molar-refractivity contribution in [1.82, 2.24) is 0 Å². The zero-order chi connectivity index (χ0) is 31.9. The van der Waals surface area contributed by atoms with Crippen LogP contribution in [0.25, 0.3) is 22.3 Å². The lowest BCUT2D eigenvalue weighted by Crippen LogP contribution is -2.60. The van der Waals surface area contributed by atoms with E-state index in [1.54, 1.807) is 0 Å². The Morgan fingerprint density at radius 2 is 1.27 bits per heavy atom. The average molecular weight is 625 g/mol. The summed E-state index contributed by atoms with van der Waals surface area (Å²) in [5.74, 6) is -1.05. The molecule has 16 nitrogen and oxygen atoms in total. The van der Waals surface area contributed by atoms with Crippen LogP contribution >= 0.6 is 0 Å². The number of methoxy groups -OCH3 is 1. The third kappa shape index (κ3) is 5.80. The molecule has 2 fully saturated rings. The van der Waals surface area contributed by atoms with E-state index in [9.17, 15) is 50.8 Å². The Morgan fingerprint density at radius 1 is 0.727 bits per heavy atom. The molecule has 0 saturated carbocycles. The summed E-state index contributed by atoms with van der Waals surface area (Å²) in [7, 11) is 1.34. The van der Waals surface area contributed by atoms with Gasteiger partial charge in [0.1, 0.15) is 77.0 Å². The van der Waals surface area contributed by atoms with Crippen LogP contribution in [0.1, 0.15) is 0 Å². The van der Waals surface area contributed by atoms with Gasteiger partial charge in [0.2, 0.25) is 23.8 Å². The first kappa shape index (κ1) is 31.9. The second-order valence-electron chi connectivity index (χ2n) is 10.3. The molecule has 0 amide bonds. The first-order valence-corrected chi connectivity index (χ1v) is 13.4. The van der Waals surface area contributed by atoms with Crippen molar-refractivity contribution in [3.8, 4) is 34.3 Å². The molecule has 44 heavy (non-hydrogen) atoms. The van der Waals surface area contributed by atoms with Gasteiger partial charge in [-0.25, -0.2) is 0 Å². The van der Waals surface area contributed by atoms with Crippen LogP contribution in [0.5, 0.6) is 23.0 Å². The molecule has 0 spiro atoms. The Balaban J connectivity index is 1.53. The zero-order valence-corrected chi connectivity index (χ0v) is 23.0. The van der Waals surface area contributed by atoms with Crippen LogP contribution in [0.3, 0.4) is 0 Å². The van der Waals surface area contributed by atoms with Crippen molar-refractivity contribution in [1.29, 1.82) is 0 Å². The van der Waals surface area contributed by atoms with E-state index < -0.39 is 91.6 Å². The molecule has 3 aromatic rings. The number of phenolic OH excluding ortho intramolecular Hbond substituents is 1. The number of ether oxygens (including phenoxy) is 5. The van der Waals surface area contributed by atoms with Gasteiger partial charge >= 0.3 is 0 Å². The molecule has 0 aliphatic carbocycles. The summed E-state index contributed by atoms with van der Waals surface area (Å²) in [5.41, 5.74) is -0.822. The van der Waals surface area contributed by atoms with E-state index in [2.05, 4.69) is 0 Å². The molecule has 2 aromatic carbocycles. The Labute approximate surface area is 248 Å². The van der Waals surface area contributed by atoms with E-state index in [0.717, 1.165) is 0 Å². The summed E-state index contributed by atoms with van der Waals surface area (Å²) >= 11 is 0. The molecule has 5 rings (SSSR count). The molecule has 2 aliphatic heterocycles. The lowest BCUT2D eigenvalue weighted by atomic mass is 9.99. The van der Waals surface area contributed by atoms with E-state index in [0.29, 0.717) is 0 Å². The molecule has 0 unspecified atom stereocenters. The maximum atomic E-state index is 13.7. The Bertz CT molecular complexity index is 1500. The molecule has 0 bridgehead atoms. The number of hydrogen-bond acceptors (Lipinski definition) is 16. The zero-order valence-electron chi connectivity index (χ0n) is 23.0. The van der Waals surface area contributed by atoms with Crippen LogP contribution in [-0.2, 0) is 9.47 Å². The monoisotopic (exact) mass is 624 g/mol. The molecule has 10 atom stereocenters. The van der Waals surface area contributed by atoms with E-state index >= 15 is 0 Å². The highest BCUT2D eigenvalue weighted by Gasteiger charge is 2.46. The molecule has 0 radical (unpaired) electrons. The maximum absolute atomic E-state index is 13.7. The number of aliphatic hydroxyl groups is 8. The molecule has 240 valence electrons. The highest BCUT2D eigenvalue weighted by Crippen LogP contribution is 2.38. The SMILES string of the molecule is COc1cc(O)c2c(=O)c(O[C@H]3O[C@H](CO)[C@@H](O)[C@H](O)[C@H]3O)c(-c3ccc(O[C@H]4O[C@H](CO)[C@@H](O)[C@H](O)[C@H]4O)cc3)oc2c1. The van der Waals surface area contributed by atoms with Gasteiger partial charge in [0, 0.05) is 17.7 Å². The average Bonchev–Trinajstić information content (AvgIpc) is 3.02. The van der Waals surface area contributed by atoms with Crippen molar-refractivity contribution < 1.29 is 74.1 Å². The second-order valence-corrected chi connectivity index (χ2v) is 10.3. The summed E-state index contributed by atoms with van der Waals surface area (Å²) in [5, 5.41) is 90.4. The minimum Gasteiger partial charge on any atom is -0.507 e. The number of fused-ring (bicyclic) bond motifs is 1. The summed E-state index contributed by atoms with van der Waals surface area (Å²) in [6.45, 7) is -1.40. The fraction of sp³-hybridized carbons (Fsp3) is 0.464. The molecular weight excluding hydrogens is 592 g/mol. The summed E-state index contributed by atoms with van der Waals surface area (Å²) in [4.78, 5) is 13.7. The van der Waals surface area contributed by atoms with E-state index in [4.69, 9.17) is 28.1 Å². The lowest BCUT2D eigenvalue weighted by Gasteiger charge is -2.39. The predicted octanol–water partition coefficient (Wildman–Crippen LogP) is -2.47. The Kier molecular flexibility index (Phi) is 9.28. The first-order valence-electron chi connectivity index (χ1n) is 13.4. The summed E-state index contributed by atoms with van der Waals surface area (Å²) < 4.78 is 33.2. The molecular formula is C28H32O16. The van der Waals surface area contributed by atoms with Crippen molar-refractivity contribution >= 4 is 11.0 Å². The van der Waals surface area contributed by atoms with Gasteiger partial charge < -0.3 is 74.1 Å². The van der Waals surface area contributed by atoms with E-state index in [1.807, 2.05) is 0 Å². The molecule has 2 saturated heterocycles. The summed E-state index contributed by atoms with van der Waals surface area (Å²) in [6, 6.07) is 8.08. The third-order valence-electron chi connectivity index (χ3n) is 7.44. The number of aliphatic hydroxyl groups excluding tert-OH is 8. The van der Waals surface area contributed by atoms with Crippen LogP contribution in [0, 0.1) is 0 Å². The first-order chi connectivity index (χ1) is 21.0. The largest absolute Gasteiger partial charge is 0.507 e. The van der Waals surface area contributed by atoms with Crippen LogP contribution in [0.2, 0.25) is 0 Å². The van der Waals surface area contributed by atoms with Gasteiger partial charge in [0.25, 0.3) is 0 Å². The van der Waals surface area contributed by atoms with Gasteiger partial charge in [-0.15, -0.1) is 0 Å². The fourth-order valence-corrected chi connectivity index (χ4v) is 4.94. The van der Waals surface area contributed by atoms with E-state index in [1.165, 1.54) is 43.5 Å². The number of hydrogen-bond donors (Lipinski definition) is 9. The van der Waals surface area contributed by atoms with Gasteiger partial charge in [-0.2, -0.15) is 0 Å². The van der Waals surface area contributed by atoms with Gasteiger partial charge in [0.05, 0.1) is 20.3 Å². The fourth-order valence-electron chi connectivity index (χ4n) is 4.94. The summed E-state index contributed by atoms with van der Waals surface area (Å²) in [6.07, 6.45) is -16.0. The van der Waals surface area contributed by atoms with Crippen LogP contribution in [0.15, 0.2) is 45.6 Å². The van der Waals surface area contributed by atoms with Crippen molar-refractivity contribution in [2.75, 3.05) is 20.3 Å². The Hall–Kier alpha value is -3.55. The van der Waals surface area contributed by atoms with Gasteiger partial charge in [0.15, 0.2) is 5.76 Å². The second kappa shape index (κ2) is 12.8. The Morgan fingerprint density at radius 3 is 1.80 bits per heavy atom. The lowest BCUT2D eigenvalue weighted by molar-refractivity contribution is -0.277. The van der Waals surface area contributed by atoms with Gasteiger partial charge in [-0.1, -0.05) is 0 Å². The van der Waals surface area contributed by atoms with Crippen molar-refractivity contribution in [2.24, 2.45) is 0 Å². The van der Waals surface area contributed by atoms with Crippen molar-refractivity contribution in [2.45, 2.75) is 61.4 Å². The minimum atomic E-state index is -1.87. The number of aromatic hydroxyl groups is 1. The molecule has 1 aromatic heterocycles.